The lowest BCUT2D eigenvalue weighted by Gasteiger charge is -2.44. The summed E-state index contributed by atoms with van der Waals surface area (Å²) in [4.78, 5) is 37.9. The van der Waals surface area contributed by atoms with Crippen LogP contribution in [0.3, 0.4) is 0 Å². The first-order valence-corrected chi connectivity index (χ1v) is 11.4. The van der Waals surface area contributed by atoms with E-state index < -0.39 is 5.54 Å². The topological polar surface area (TPSA) is 80.1 Å². The maximum absolute atomic E-state index is 13.7. The first-order chi connectivity index (χ1) is 15.5. The van der Waals surface area contributed by atoms with Crippen molar-refractivity contribution in [1.82, 2.24) is 24.8 Å². The second kappa shape index (κ2) is 8.04. The van der Waals surface area contributed by atoms with Crippen LogP contribution in [0.5, 0.6) is 0 Å². The first-order valence-electron chi connectivity index (χ1n) is 11.4. The van der Waals surface area contributed by atoms with Crippen molar-refractivity contribution < 1.29 is 9.59 Å². The van der Waals surface area contributed by atoms with Crippen LogP contribution in [-0.2, 0) is 17.9 Å². The van der Waals surface area contributed by atoms with E-state index in [1.807, 2.05) is 47.9 Å². The van der Waals surface area contributed by atoms with E-state index >= 15 is 0 Å². The maximum atomic E-state index is 13.7. The Morgan fingerprint density at radius 3 is 2.69 bits per heavy atom. The number of amides is 2. The Kier molecular flexibility index (Phi) is 5.19. The van der Waals surface area contributed by atoms with E-state index in [1.54, 1.807) is 17.3 Å². The van der Waals surface area contributed by atoms with Crippen molar-refractivity contribution in [3.05, 3.63) is 60.2 Å². The van der Waals surface area contributed by atoms with Crippen molar-refractivity contribution in [3.8, 4) is 0 Å². The molecule has 1 aromatic carbocycles. The molecule has 3 aromatic rings. The molecule has 2 aliphatic rings. The summed E-state index contributed by atoms with van der Waals surface area (Å²) in [7, 11) is 0. The molecule has 1 aliphatic carbocycles. The van der Waals surface area contributed by atoms with Crippen LogP contribution in [0.4, 0.5) is 0 Å². The SMILES string of the molecule is CC1CCC(NC(=O)[C@]2(C)Cn3c(nc4ccccc43)C(=O)N2Cc2cccnc2)CC1. The van der Waals surface area contributed by atoms with Gasteiger partial charge in [0.1, 0.15) is 5.54 Å². The van der Waals surface area contributed by atoms with Gasteiger partial charge in [0, 0.05) is 25.0 Å². The van der Waals surface area contributed by atoms with Crippen LogP contribution < -0.4 is 5.32 Å². The lowest BCUT2D eigenvalue weighted by Crippen LogP contribution is -2.64. The smallest absolute Gasteiger partial charge is 0.291 e. The summed E-state index contributed by atoms with van der Waals surface area (Å²) in [5.41, 5.74) is 1.49. The Morgan fingerprint density at radius 2 is 1.94 bits per heavy atom. The van der Waals surface area contributed by atoms with Gasteiger partial charge in [0.25, 0.3) is 5.91 Å². The van der Waals surface area contributed by atoms with Crippen LogP contribution in [0.1, 0.15) is 55.7 Å². The van der Waals surface area contributed by atoms with E-state index in [4.69, 9.17) is 0 Å². The summed E-state index contributed by atoms with van der Waals surface area (Å²) in [6.45, 7) is 4.81. The molecule has 166 valence electrons. The molecule has 1 saturated carbocycles. The van der Waals surface area contributed by atoms with Gasteiger partial charge in [-0.3, -0.25) is 14.6 Å². The fourth-order valence-corrected chi connectivity index (χ4v) is 5.00. The highest BCUT2D eigenvalue weighted by Crippen LogP contribution is 2.32. The van der Waals surface area contributed by atoms with Crippen molar-refractivity contribution in [2.45, 2.75) is 64.2 Å². The van der Waals surface area contributed by atoms with Crippen molar-refractivity contribution in [1.29, 1.82) is 0 Å². The van der Waals surface area contributed by atoms with Crippen molar-refractivity contribution in [3.63, 3.8) is 0 Å². The summed E-state index contributed by atoms with van der Waals surface area (Å²) in [5.74, 6) is 0.757. The summed E-state index contributed by atoms with van der Waals surface area (Å²) in [6.07, 6.45) is 7.66. The molecule has 1 atom stereocenters. The van der Waals surface area contributed by atoms with E-state index in [0.717, 1.165) is 42.3 Å². The number of hydrogen-bond acceptors (Lipinski definition) is 4. The Labute approximate surface area is 187 Å². The summed E-state index contributed by atoms with van der Waals surface area (Å²) >= 11 is 0. The minimum absolute atomic E-state index is 0.0993. The first kappa shape index (κ1) is 20.7. The zero-order valence-corrected chi connectivity index (χ0v) is 18.6. The molecule has 7 heteroatoms. The van der Waals surface area contributed by atoms with E-state index in [9.17, 15) is 9.59 Å². The number of rotatable bonds is 4. The molecule has 1 N–H and O–H groups in total. The van der Waals surface area contributed by atoms with Crippen LogP contribution in [0.2, 0.25) is 0 Å². The number of carbonyl (C=O) groups is 2. The lowest BCUT2D eigenvalue weighted by atomic mass is 9.86. The van der Waals surface area contributed by atoms with Gasteiger partial charge in [-0.15, -0.1) is 0 Å². The number of para-hydroxylation sites is 2. The number of imidazole rings is 1. The standard InChI is InChI=1S/C25H29N5O2/c1-17-9-11-19(12-10-17)27-24(32)25(2)16-29-21-8-4-3-7-20(21)28-22(29)23(31)30(25)15-18-6-5-13-26-14-18/h3-8,13-14,17,19H,9-12,15-16H2,1-2H3,(H,27,32)/t17?,19?,25-/m0/s1. The average molecular weight is 432 g/mol. The summed E-state index contributed by atoms with van der Waals surface area (Å²) < 4.78 is 1.90. The number of carbonyl (C=O) groups excluding carboxylic acids is 2. The highest BCUT2D eigenvalue weighted by Gasteiger charge is 2.48. The van der Waals surface area contributed by atoms with Gasteiger partial charge in [-0.1, -0.05) is 25.1 Å². The molecule has 0 bridgehead atoms. The third-order valence-electron chi connectivity index (χ3n) is 7.06. The Morgan fingerprint density at radius 1 is 1.16 bits per heavy atom. The van der Waals surface area contributed by atoms with E-state index in [0.29, 0.717) is 24.8 Å². The van der Waals surface area contributed by atoms with Gasteiger partial charge in [-0.05, 0) is 62.3 Å². The maximum Gasteiger partial charge on any atom is 0.291 e. The molecule has 2 aromatic heterocycles. The van der Waals surface area contributed by atoms with Gasteiger partial charge in [0.2, 0.25) is 5.91 Å². The van der Waals surface area contributed by atoms with Gasteiger partial charge in [0.05, 0.1) is 17.6 Å². The Bertz CT molecular complexity index is 1150. The lowest BCUT2D eigenvalue weighted by molar-refractivity contribution is -0.134. The van der Waals surface area contributed by atoms with Crippen LogP contribution >= 0.6 is 0 Å². The van der Waals surface area contributed by atoms with Gasteiger partial charge in [-0.25, -0.2) is 4.98 Å². The zero-order valence-electron chi connectivity index (χ0n) is 18.6. The van der Waals surface area contributed by atoms with Crippen LogP contribution in [0, 0.1) is 5.92 Å². The van der Waals surface area contributed by atoms with E-state index in [1.165, 1.54) is 0 Å². The van der Waals surface area contributed by atoms with E-state index in [-0.39, 0.29) is 17.9 Å². The monoisotopic (exact) mass is 431 g/mol. The third-order valence-corrected chi connectivity index (χ3v) is 7.06. The average Bonchev–Trinajstić information content (AvgIpc) is 3.17. The fraction of sp³-hybridized carbons (Fsp3) is 0.440. The highest BCUT2D eigenvalue weighted by molar-refractivity contribution is 6.01. The van der Waals surface area contributed by atoms with Gasteiger partial charge < -0.3 is 14.8 Å². The number of nitrogens with zero attached hydrogens (tertiary/aromatic N) is 4. The van der Waals surface area contributed by atoms with Crippen molar-refractivity contribution in [2.75, 3.05) is 0 Å². The largest absolute Gasteiger partial charge is 0.351 e. The van der Waals surface area contributed by atoms with Gasteiger partial charge in [0.15, 0.2) is 5.82 Å². The van der Waals surface area contributed by atoms with Crippen molar-refractivity contribution in [2.24, 2.45) is 5.92 Å². The fourth-order valence-electron chi connectivity index (χ4n) is 5.00. The molecule has 5 rings (SSSR count). The quantitative estimate of drug-likeness (QED) is 0.685. The van der Waals surface area contributed by atoms with Crippen LogP contribution in [0.25, 0.3) is 11.0 Å². The van der Waals surface area contributed by atoms with Gasteiger partial charge >= 0.3 is 0 Å². The number of pyridine rings is 1. The zero-order chi connectivity index (χ0) is 22.3. The highest BCUT2D eigenvalue weighted by atomic mass is 16.2. The van der Waals surface area contributed by atoms with E-state index in [2.05, 4.69) is 22.2 Å². The number of benzene rings is 1. The molecule has 1 aliphatic heterocycles. The molecular weight excluding hydrogens is 402 g/mol. The van der Waals surface area contributed by atoms with Crippen LogP contribution in [-0.4, -0.2) is 42.8 Å². The number of fused-ring (bicyclic) bond motifs is 3. The predicted octanol–water partition coefficient (Wildman–Crippen LogP) is 3.54. The minimum Gasteiger partial charge on any atom is -0.351 e. The number of aromatic nitrogens is 3. The summed E-state index contributed by atoms with van der Waals surface area (Å²) in [5, 5.41) is 3.27. The Balaban J connectivity index is 1.52. The molecule has 0 unspecified atom stereocenters. The molecule has 3 heterocycles. The normalized spacial score (nSPS) is 25.6. The molecule has 1 fully saturated rings. The third kappa shape index (κ3) is 3.55. The molecule has 0 spiro atoms. The number of hydrogen-bond donors (Lipinski definition) is 1. The molecular formula is C25H29N5O2. The van der Waals surface area contributed by atoms with Crippen LogP contribution in [0.15, 0.2) is 48.8 Å². The second-order valence-electron chi connectivity index (χ2n) is 9.47. The predicted molar refractivity (Wildman–Crippen MR) is 122 cm³/mol. The minimum atomic E-state index is -1.04. The molecule has 2 amide bonds. The molecule has 0 saturated heterocycles. The molecule has 0 radical (unpaired) electrons. The molecule has 32 heavy (non-hydrogen) atoms. The molecule has 7 nitrogen and oxygen atoms in total. The second-order valence-corrected chi connectivity index (χ2v) is 9.47. The number of nitrogens with one attached hydrogen (secondary N) is 1. The van der Waals surface area contributed by atoms with Gasteiger partial charge in [-0.2, -0.15) is 0 Å². The van der Waals surface area contributed by atoms with Crippen molar-refractivity contribution >= 4 is 22.8 Å². The summed E-state index contributed by atoms with van der Waals surface area (Å²) in [6, 6.07) is 11.6. The Hall–Kier alpha value is -3.22.